The zero-order chi connectivity index (χ0) is 15.5. The Morgan fingerprint density at radius 3 is 1.22 bits per heavy atom. The van der Waals surface area contributed by atoms with Gasteiger partial charge in [0.05, 0.1) is 0 Å². The number of carbonyl (C=O) groups excluding carboxylic acids is 1. The number of rotatable bonds is 1. The number of hydrogen-bond donors (Lipinski definition) is 0. The Balaban J connectivity index is -0.0000000342. The van der Waals surface area contributed by atoms with Gasteiger partial charge in [0.15, 0.2) is 0 Å². The van der Waals surface area contributed by atoms with E-state index in [4.69, 9.17) is 18.6 Å². The van der Waals surface area contributed by atoms with Crippen LogP contribution < -0.4 is 0 Å². The molecule has 1 radical (unpaired) electrons. The molecule has 0 aromatic rings. The van der Waals surface area contributed by atoms with Crippen LogP contribution in [0.15, 0.2) is 5.57 Å². The van der Waals surface area contributed by atoms with Crippen LogP contribution in [0.1, 0.15) is 6.92 Å². The molecule has 0 aliphatic heterocycles. The van der Waals surface area contributed by atoms with Gasteiger partial charge in [0.2, 0.25) is 0 Å². The maximum atomic E-state index is 11.4. The van der Waals surface area contributed by atoms with Crippen molar-refractivity contribution in [2.45, 2.75) is 13.1 Å². The van der Waals surface area contributed by atoms with Crippen LogP contribution >= 0.6 is 0 Å². The van der Waals surface area contributed by atoms with E-state index in [0.29, 0.717) is 0 Å². The summed E-state index contributed by atoms with van der Waals surface area (Å²) in [7, 11) is 0. The molecular formula is C9H4F3MnO5-. The van der Waals surface area contributed by atoms with Gasteiger partial charge in [-0.3, -0.25) is 6.08 Å². The van der Waals surface area contributed by atoms with E-state index < -0.39 is 11.7 Å². The van der Waals surface area contributed by atoms with Gasteiger partial charge in [-0.2, -0.15) is 13.2 Å². The molecule has 0 aliphatic carbocycles. The molecule has 0 atom stereocenters. The molecule has 0 rings (SSSR count). The minimum Gasteiger partial charge on any atom is 0 e. The third-order valence-electron chi connectivity index (χ3n) is 0.693. The van der Waals surface area contributed by atoms with E-state index in [0.717, 1.165) is 6.92 Å². The summed E-state index contributed by atoms with van der Waals surface area (Å²) in [6.45, 7) is 19.0. The van der Waals surface area contributed by atoms with Crippen molar-refractivity contribution in [2.24, 2.45) is 0 Å². The number of allylic oxidation sites excluding steroid dienone is 2. The van der Waals surface area contributed by atoms with E-state index >= 15 is 0 Å². The minimum absolute atomic E-state index is 0. The second-order valence-corrected chi connectivity index (χ2v) is 1.28. The fourth-order valence-electron chi connectivity index (χ4n) is 0.267. The van der Waals surface area contributed by atoms with Gasteiger partial charge in [0.1, 0.15) is 0 Å². The molecule has 0 N–H and O–H groups in total. The van der Waals surface area contributed by atoms with E-state index in [-0.39, 0.29) is 23.4 Å². The fourth-order valence-corrected chi connectivity index (χ4v) is 0.267. The second-order valence-electron chi connectivity index (χ2n) is 1.28. The molecule has 9 heteroatoms. The van der Waals surface area contributed by atoms with Gasteiger partial charge >= 0.3 is 51.4 Å². The van der Waals surface area contributed by atoms with E-state index in [9.17, 15) is 18.0 Å². The summed E-state index contributed by atoms with van der Waals surface area (Å²) in [5.41, 5.74) is -1.26. The molecule has 0 saturated heterocycles. The molecule has 0 fully saturated rings. The Hall–Kier alpha value is -1.32. The Kier molecular flexibility index (Phi) is 72.0. The van der Waals surface area contributed by atoms with Crippen molar-refractivity contribution < 1.29 is 53.6 Å². The molecular weight excluding hydrogens is 300 g/mol. The molecule has 0 heterocycles. The summed E-state index contributed by atoms with van der Waals surface area (Å²) in [5.74, 6) is 0. The number of hydrogen-bond acceptors (Lipinski definition) is 1. The Labute approximate surface area is 112 Å². The van der Waals surface area contributed by atoms with Crippen LogP contribution in [0.3, 0.4) is 0 Å². The van der Waals surface area contributed by atoms with Gasteiger partial charge in [-0.25, -0.2) is 0 Å². The summed E-state index contributed by atoms with van der Waals surface area (Å²) >= 11 is 0. The zero-order valence-electron chi connectivity index (χ0n) is 8.63. The second kappa shape index (κ2) is 36.1. The standard InChI is InChI=1S/C5H4F3O.4CO.Mn/c1-2-4(3-9)5(6,7)8;4*1-2;/h3H,1H3;;;;;/q-1;;;;;. The van der Waals surface area contributed by atoms with E-state index in [2.05, 4.69) is 26.6 Å². The minimum atomic E-state index is -4.55. The van der Waals surface area contributed by atoms with Gasteiger partial charge in [-0.15, -0.1) is 6.92 Å². The van der Waals surface area contributed by atoms with Crippen molar-refractivity contribution in [2.75, 3.05) is 0 Å². The predicted molar refractivity (Wildman–Crippen MR) is 40.3 cm³/mol. The van der Waals surface area contributed by atoms with Crippen molar-refractivity contribution >= 4 is 6.29 Å². The molecule has 0 aliphatic rings. The average molecular weight is 304 g/mol. The number of halogens is 3. The smallest absolute Gasteiger partial charge is 0 e. The monoisotopic (exact) mass is 304 g/mol. The van der Waals surface area contributed by atoms with Crippen molar-refractivity contribution in [1.82, 2.24) is 0 Å². The quantitative estimate of drug-likeness (QED) is 0.236. The first-order valence-corrected chi connectivity index (χ1v) is 2.91. The van der Waals surface area contributed by atoms with Crippen LogP contribution in [0.5, 0.6) is 0 Å². The third-order valence-corrected chi connectivity index (χ3v) is 0.693. The molecule has 5 nitrogen and oxygen atoms in total. The van der Waals surface area contributed by atoms with E-state index in [1.807, 2.05) is 0 Å². The van der Waals surface area contributed by atoms with Gasteiger partial charge in [0, 0.05) is 17.1 Å². The molecule has 18 heavy (non-hydrogen) atoms. The summed E-state index contributed by atoms with van der Waals surface area (Å²) in [5, 5.41) is 0. The van der Waals surface area contributed by atoms with Crippen LogP contribution in [-0.4, -0.2) is 12.5 Å². The first-order chi connectivity index (χ1) is 8.02. The molecule has 0 aromatic carbocycles. The third kappa shape index (κ3) is 36.5. The number of alkyl halides is 3. The van der Waals surface area contributed by atoms with Gasteiger partial charge in [-0.1, -0.05) is 5.57 Å². The first kappa shape index (κ1) is 36.0. The van der Waals surface area contributed by atoms with Gasteiger partial charge < -0.3 is 4.79 Å². The normalized spacial score (nSPS) is 7.22. The average Bonchev–Trinajstić information content (AvgIpc) is 2.39. The maximum Gasteiger partial charge on any atom is 0 e. The zero-order valence-corrected chi connectivity index (χ0v) is 9.81. The summed E-state index contributed by atoms with van der Waals surface area (Å²) in [4.78, 5) is 9.56. The van der Waals surface area contributed by atoms with Crippen LogP contribution in [0, 0.1) is 32.7 Å². The van der Waals surface area contributed by atoms with Crippen LogP contribution in [0.4, 0.5) is 13.2 Å². The van der Waals surface area contributed by atoms with Crippen molar-refractivity contribution in [3.63, 3.8) is 0 Å². The van der Waals surface area contributed by atoms with Crippen LogP contribution in [0.2, 0.25) is 0 Å². The molecule has 0 spiro atoms. The van der Waals surface area contributed by atoms with Gasteiger partial charge in [-0.05, 0) is 6.29 Å². The SMILES string of the molecule is C[C-]=C(C=O)C(F)(F)F.[C-]#[O+].[C-]#[O+].[C-]#[O+].[C-]#[O+].[Mn]. The molecule has 0 amide bonds. The molecule has 0 unspecified atom stereocenters. The summed E-state index contributed by atoms with van der Waals surface area (Å²) in [6, 6.07) is 0. The van der Waals surface area contributed by atoms with Crippen molar-refractivity contribution in [3.05, 3.63) is 38.3 Å². The first-order valence-electron chi connectivity index (χ1n) is 2.91. The maximum absolute atomic E-state index is 11.4. The fraction of sp³-hybridized carbons (Fsp3) is 0.222. The topological polar surface area (TPSA) is 96.7 Å². The molecule has 0 saturated carbocycles. The molecule has 99 valence electrons. The predicted octanol–water partition coefficient (Wildman–Crippen LogP) is 1.34. The van der Waals surface area contributed by atoms with Gasteiger partial charge in [0.25, 0.3) is 0 Å². The van der Waals surface area contributed by atoms with E-state index in [1.165, 1.54) is 0 Å². The largest absolute Gasteiger partial charge is 0 e. The van der Waals surface area contributed by atoms with E-state index in [1.54, 1.807) is 6.08 Å². The van der Waals surface area contributed by atoms with Crippen molar-refractivity contribution in [3.8, 4) is 0 Å². The summed E-state index contributed by atoms with van der Waals surface area (Å²) < 4.78 is 64.2. The molecule has 0 bridgehead atoms. The number of aldehydes is 1. The Morgan fingerprint density at radius 2 is 1.22 bits per heavy atom. The van der Waals surface area contributed by atoms with Crippen LogP contribution in [0.25, 0.3) is 0 Å². The summed E-state index contributed by atoms with van der Waals surface area (Å²) in [6.07, 6.45) is -3.09. The molecule has 0 aromatic heterocycles. The number of carbonyl (C=O) groups is 1. The Bertz CT molecular complexity index is 251. The Morgan fingerprint density at radius 1 is 1.00 bits per heavy atom. The van der Waals surface area contributed by atoms with Crippen molar-refractivity contribution in [1.29, 1.82) is 0 Å². The van der Waals surface area contributed by atoms with Crippen LogP contribution in [-0.2, 0) is 40.5 Å².